The van der Waals surface area contributed by atoms with E-state index in [4.69, 9.17) is 0 Å². The van der Waals surface area contributed by atoms with Gasteiger partial charge in [-0.1, -0.05) is 30.3 Å². The highest BCUT2D eigenvalue weighted by Gasteiger charge is 2.27. The van der Waals surface area contributed by atoms with Crippen LogP contribution in [0.5, 0.6) is 0 Å². The first-order valence-electron chi connectivity index (χ1n) is 10.1. The molecular formula is C22H20N6O3. The Hall–Kier alpha value is -4.01. The number of imidazole rings is 1. The number of hydrogen-bond donors (Lipinski definition) is 1. The van der Waals surface area contributed by atoms with Crippen LogP contribution in [0, 0.1) is 10.1 Å². The van der Waals surface area contributed by atoms with E-state index in [-0.39, 0.29) is 11.1 Å². The van der Waals surface area contributed by atoms with Crippen LogP contribution in [0.3, 0.4) is 0 Å². The van der Waals surface area contributed by atoms with Gasteiger partial charge in [0.05, 0.1) is 40.7 Å². The highest BCUT2D eigenvalue weighted by molar-refractivity contribution is 5.87. The number of nitro groups is 1. The Morgan fingerprint density at radius 3 is 2.81 bits per heavy atom. The first-order chi connectivity index (χ1) is 15.1. The van der Waals surface area contributed by atoms with Gasteiger partial charge >= 0.3 is 0 Å². The molecule has 0 saturated heterocycles. The first kappa shape index (κ1) is 19.0. The van der Waals surface area contributed by atoms with Crippen LogP contribution >= 0.6 is 0 Å². The van der Waals surface area contributed by atoms with Crippen molar-refractivity contribution in [3.63, 3.8) is 0 Å². The van der Waals surface area contributed by atoms with E-state index in [1.54, 1.807) is 6.07 Å². The van der Waals surface area contributed by atoms with Crippen LogP contribution in [0.15, 0.2) is 59.9 Å². The second-order valence-corrected chi connectivity index (χ2v) is 7.59. The average Bonchev–Trinajstić information content (AvgIpc) is 3.20. The molecule has 0 saturated carbocycles. The average molecular weight is 416 g/mol. The van der Waals surface area contributed by atoms with Crippen molar-refractivity contribution in [1.82, 2.24) is 19.5 Å². The molecule has 5 rings (SSSR count). The van der Waals surface area contributed by atoms with Gasteiger partial charge in [-0.25, -0.2) is 9.97 Å². The fourth-order valence-corrected chi connectivity index (χ4v) is 4.15. The molecule has 9 nitrogen and oxygen atoms in total. The zero-order valence-electron chi connectivity index (χ0n) is 16.7. The summed E-state index contributed by atoms with van der Waals surface area (Å²) in [5, 5.41) is 11.9. The summed E-state index contributed by atoms with van der Waals surface area (Å²) in [6, 6.07) is 13.2. The number of anilines is 1. The van der Waals surface area contributed by atoms with Crippen molar-refractivity contribution in [1.29, 1.82) is 0 Å². The van der Waals surface area contributed by atoms with Crippen LogP contribution < -0.4 is 10.5 Å². The number of rotatable bonds is 5. The second-order valence-electron chi connectivity index (χ2n) is 7.59. The maximum atomic E-state index is 12.0. The molecule has 4 aromatic rings. The van der Waals surface area contributed by atoms with Crippen molar-refractivity contribution in [3.05, 3.63) is 92.5 Å². The number of aryl methyl sites for hydroxylation is 2. The lowest BCUT2D eigenvalue weighted by Gasteiger charge is -2.29. The smallest absolute Gasteiger partial charge is 0.293 e. The molecule has 0 spiro atoms. The molecule has 1 N–H and O–H groups in total. The molecule has 0 unspecified atom stereocenters. The monoisotopic (exact) mass is 416 g/mol. The number of nitro benzene ring substituents is 1. The van der Waals surface area contributed by atoms with Crippen molar-refractivity contribution >= 4 is 22.3 Å². The van der Waals surface area contributed by atoms with E-state index >= 15 is 0 Å². The third kappa shape index (κ3) is 3.54. The lowest BCUT2D eigenvalue weighted by molar-refractivity contribution is -0.384. The van der Waals surface area contributed by atoms with Crippen molar-refractivity contribution < 1.29 is 4.92 Å². The van der Waals surface area contributed by atoms with Crippen molar-refractivity contribution in [2.24, 2.45) is 0 Å². The minimum absolute atomic E-state index is 0.0991. The first-order valence-corrected chi connectivity index (χ1v) is 10.1. The molecular weight excluding hydrogens is 396 g/mol. The quantitative estimate of drug-likeness (QED) is 0.396. The number of hydrogen-bond acceptors (Lipinski definition) is 6. The third-order valence-corrected chi connectivity index (χ3v) is 5.75. The Kier molecular flexibility index (Phi) is 4.70. The lowest BCUT2D eigenvalue weighted by atomic mass is 10.1. The Morgan fingerprint density at radius 2 is 2.00 bits per heavy atom. The molecule has 2 aromatic carbocycles. The molecule has 0 radical (unpaired) electrons. The second kappa shape index (κ2) is 7.67. The minimum atomic E-state index is -0.449. The number of benzene rings is 2. The molecule has 0 fully saturated rings. The number of nitrogens with one attached hydrogen (secondary N) is 1. The van der Waals surface area contributed by atoms with Crippen molar-refractivity contribution in [2.75, 3.05) is 11.4 Å². The normalized spacial score (nSPS) is 13.4. The molecule has 3 heterocycles. The fraction of sp³-hybridized carbons (Fsp3) is 0.227. The van der Waals surface area contributed by atoms with Gasteiger partial charge in [-0.2, -0.15) is 0 Å². The van der Waals surface area contributed by atoms with Crippen molar-refractivity contribution in [2.45, 2.75) is 25.9 Å². The van der Waals surface area contributed by atoms with Gasteiger partial charge in [0.2, 0.25) is 0 Å². The highest BCUT2D eigenvalue weighted by Crippen LogP contribution is 2.34. The van der Waals surface area contributed by atoms with E-state index in [1.165, 1.54) is 23.7 Å². The molecule has 0 atom stereocenters. The highest BCUT2D eigenvalue weighted by atomic mass is 16.6. The molecule has 9 heteroatoms. The molecule has 156 valence electrons. The Labute approximate surface area is 177 Å². The van der Waals surface area contributed by atoms with E-state index in [0.29, 0.717) is 24.3 Å². The number of aromatic nitrogens is 4. The standard InChI is InChI=1S/C22H20N6O3/c29-22-16-10-21(28(30)31)20(11-17(16)23-13-24-22)26-9-7-19-18(12-26)25-14-27(19)8-6-15-4-2-1-3-5-15/h1-5,10-11,13-14H,6-9,12H2,(H,23,24,29). The number of aromatic amines is 1. The van der Waals surface area contributed by atoms with Crippen LogP contribution in [0.1, 0.15) is 17.0 Å². The van der Waals surface area contributed by atoms with Crippen LogP contribution in [0.2, 0.25) is 0 Å². The van der Waals surface area contributed by atoms with E-state index < -0.39 is 10.5 Å². The predicted octanol–water partition coefficient (Wildman–Crippen LogP) is 2.83. The van der Waals surface area contributed by atoms with Gasteiger partial charge in [-0.15, -0.1) is 0 Å². The van der Waals surface area contributed by atoms with Gasteiger partial charge in [0.25, 0.3) is 11.2 Å². The fourth-order valence-electron chi connectivity index (χ4n) is 4.15. The molecule has 0 amide bonds. The van der Waals surface area contributed by atoms with E-state index in [9.17, 15) is 14.9 Å². The van der Waals surface area contributed by atoms with Crippen molar-refractivity contribution in [3.8, 4) is 0 Å². The largest absolute Gasteiger partial charge is 0.360 e. The van der Waals surface area contributed by atoms with E-state index in [0.717, 1.165) is 25.1 Å². The molecule has 0 bridgehead atoms. The van der Waals surface area contributed by atoms with Gasteiger partial charge in [-0.3, -0.25) is 14.9 Å². The summed E-state index contributed by atoms with van der Waals surface area (Å²) in [6.07, 6.45) is 4.82. The summed E-state index contributed by atoms with van der Waals surface area (Å²) in [5.74, 6) is 0. The van der Waals surface area contributed by atoms with Gasteiger partial charge in [-0.05, 0) is 18.1 Å². The molecule has 1 aliphatic rings. The number of nitrogens with zero attached hydrogens (tertiary/aromatic N) is 5. The topological polar surface area (TPSA) is 110 Å². The Morgan fingerprint density at radius 1 is 1.16 bits per heavy atom. The Bertz CT molecular complexity index is 1330. The molecule has 2 aromatic heterocycles. The van der Waals surface area contributed by atoms with E-state index in [2.05, 4.69) is 31.7 Å². The van der Waals surface area contributed by atoms with Gasteiger partial charge < -0.3 is 14.5 Å². The van der Waals surface area contributed by atoms with Crippen LogP contribution in [0.4, 0.5) is 11.4 Å². The number of H-pyrrole nitrogens is 1. The van der Waals surface area contributed by atoms with Crippen LogP contribution in [0.25, 0.3) is 10.9 Å². The molecule has 31 heavy (non-hydrogen) atoms. The third-order valence-electron chi connectivity index (χ3n) is 5.75. The summed E-state index contributed by atoms with van der Waals surface area (Å²) >= 11 is 0. The SMILES string of the molecule is O=c1[nH]cnc2cc(N3CCc4c(ncn4CCc4ccccc4)C3)c([N+](=O)[O-])cc12. The van der Waals surface area contributed by atoms with E-state index in [1.807, 2.05) is 29.4 Å². The summed E-state index contributed by atoms with van der Waals surface area (Å²) in [6.45, 7) is 1.94. The number of fused-ring (bicyclic) bond motifs is 2. The summed E-state index contributed by atoms with van der Waals surface area (Å²) in [4.78, 5) is 36.4. The van der Waals surface area contributed by atoms with Gasteiger partial charge in [0.15, 0.2) is 0 Å². The maximum Gasteiger partial charge on any atom is 0.293 e. The summed E-state index contributed by atoms with van der Waals surface area (Å²) in [7, 11) is 0. The molecule has 1 aliphatic heterocycles. The lowest BCUT2D eigenvalue weighted by Crippen LogP contribution is -2.32. The summed E-state index contributed by atoms with van der Waals surface area (Å²) in [5.41, 5.74) is 3.77. The van der Waals surface area contributed by atoms with Gasteiger partial charge in [0.1, 0.15) is 5.69 Å². The maximum absolute atomic E-state index is 12.0. The van der Waals surface area contributed by atoms with Crippen LogP contribution in [-0.4, -0.2) is 31.0 Å². The van der Waals surface area contributed by atoms with Crippen LogP contribution in [-0.2, 0) is 25.9 Å². The van der Waals surface area contributed by atoms with Gasteiger partial charge in [0, 0.05) is 31.3 Å². The zero-order valence-corrected chi connectivity index (χ0v) is 16.7. The zero-order chi connectivity index (χ0) is 21.4. The Balaban J connectivity index is 1.43. The minimum Gasteiger partial charge on any atom is -0.360 e. The molecule has 0 aliphatic carbocycles. The predicted molar refractivity (Wildman–Crippen MR) is 116 cm³/mol. The summed E-state index contributed by atoms with van der Waals surface area (Å²) < 4.78 is 2.18.